The molecule has 49 heavy (non-hydrogen) atoms. The van der Waals surface area contributed by atoms with Crippen LogP contribution in [0.1, 0.15) is 69.8 Å². The second-order valence-electron chi connectivity index (χ2n) is 16.4. The molecule has 13 heteroatoms. The number of pyridine rings is 1. The first-order valence-electron chi connectivity index (χ1n) is 17.3. The Labute approximate surface area is 301 Å². The van der Waals surface area contributed by atoms with E-state index < -0.39 is 19.5 Å². The van der Waals surface area contributed by atoms with Gasteiger partial charge in [-0.2, -0.15) is 5.26 Å². The second kappa shape index (κ2) is 12.4. The molecule has 5 fully saturated rings. The quantitative estimate of drug-likeness (QED) is 0.167. The largest absolute Gasteiger partial charge is 0.450 e. The van der Waals surface area contributed by atoms with E-state index in [0.29, 0.717) is 45.9 Å². The minimum Gasteiger partial charge on any atom is -0.450 e. The average molecular weight is 771 g/mol. The third-order valence-corrected chi connectivity index (χ3v) is 13.9. The van der Waals surface area contributed by atoms with Crippen LogP contribution in [0.4, 0.5) is 14.0 Å². The highest BCUT2D eigenvalue weighted by Gasteiger charge is 2.59. The molecule has 0 unspecified atom stereocenters. The Morgan fingerprint density at radius 2 is 1.86 bits per heavy atom. The van der Waals surface area contributed by atoms with E-state index in [1.54, 1.807) is 0 Å². The van der Waals surface area contributed by atoms with Crippen LogP contribution in [0.25, 0.3) is 21.8 Å². The number of aromatic nitrogens is 2. The Kier molecular flexibility index (Phi) is 8.79. The lowest BCUT2D eigenvalue weighted by molar-refractivity contribution is 0.0208. The number of piperidine rings is 1. The molecule has 0 spiro atoms. The molecule has 8 rings (SSSR count). The van der Waals surface area contributed by atoms with Gasteiger partial charge in [0.15, 0.2) is 5.82 Å². The molecule has 2 aromatic heterocycles. The van der Waals surface area contributed by atoms with Crippen LogP contribution in [0.5, 0.6) is 0 Å². The highest BCUT2D eigenvalue weighted by Crippen LogP contribution is 2.58. The van der Waals surface area contributed by atoms with Crippen molar-refractivity contribution in [2.75, 3.05) is 19.4 Å². The number of ether oxygens (including phenoxy) is 2. The van der Waals surface area contributed by atoms with Gasteiger partial charge in [0.05, 0.1) is 40.8 Å². The Bertz CT molecular complexity index is 1900. The van der Waals surface area contributed by atoms with Crippen molar-refractivity contribution in [2.45, 2.75) is 113 Å². The van der Waals surface area contributed by atoms with Crippen molar-refractivity contribution in [3.63, 3.8) is 0 Å². The predicted molar refractivity (Wildman–Crippen MR) is 195 cm³/mol. The zero-order chi connectivity index (χ0) is 35.2. The normalized spacial score (nSPS) is 25.8. The van der Waals surface area contributed by atoms with Gasteiger partial charge >= 0.3 is 12.2 Å². The number of aryl methyl sites for hydroxylation is 1. The lowest BCUT2D eigenvalue weighted by Crippen LogP contribution is -2.45. The number of nitrogens with zero attached hydrogens (tertiary/aromatic N) is 5. The zero-order valence-corrected chi connectivity index (χ0v) is 32.7. The third kappa shape index (κ3) is 6.13. The number of hydrogen-bond acceptors (Lipinski definition) is 7. The number of amides is 2. The summed E-state index contributed by atoms with van der Waals surface area (Å²) in [5, 5.41) is 11.6. The molecular formula is C36H45BrFN5O4SSi. The molecule has 3 aromatic rings. The number of fused-ring (bicyclic) bond motifs is 5. The summed E-state index contributed by atoms with van der Waals surface area (Å²) in [6, 6.07) is 6.99. The molecule has 0 N–H and O–H groups in total. The van der Waals surface area contributed by atoms with E-state index in [9.17, 15) is 14.9 Å². The summed E-state index contributed by atoms with van der Waals surface area (Å²) in [7, 11) is -1.40. The molecule has 5 heterocycles. The minimum absolute atomic E-state index is 0.0729. The van der Waals surface area contributed by atoms with Gasteiger partial charge < -0.3 is 18.9 Å². The number of carbonyl (C=O) groups is 2. The van der Waals surface area contributed by atoms with Crippen molar-refractivity contribution in [1.29, 1.82) is 5.26 Å². The number of benzene rings is 1. The highest BCUT2D eigenvalue weighted by molar-refractivity contribution is 9.10. The lowest BCUT2D eigenvalue weighted by atomic mass is 9.79. The Morgan fingerprint density at radius 3 is 2.53 bits per heavy atom. The molecule has 6 atom stereocenters. The maximum atomic E-state index is 16.2. The number of halogens is 2. The molecule has 262 valence electrons. The van der Waals surface area contributed by atoms with Gasteiger partial charge in [-0.15, -0.1) is 11.8 Å². The number of nitriles is 1. The first-order chi connectivity index (χ1) is 23.1. The number of likely N-dealkylation sites (tertiary alicyclic amines) is 1. The first kappa shape index (κ1) is 34.6. The SMILES string of the molecule is CSc1nc2c(F)c(Br)c(CCC#N)cc2c2c1cc([C@H]1C[C@H]3C[C@H]3N1C(=O)OCC[Si](C)(C)C)n2[C@H]1[C@@H]2C[C@H]1N(C(=O)OC(C)(C)C)C2. The third-order valence-electron chi connectivity index (χ3n) is 10.6. The van der Waals surface area contributed by atoms with Crippen LogP contribution in [0.15, 0.2) is 21.6 Å². The van der Waals surface area contributed by atoms with Gasteiger partial charge in [-0.25, -0.2) is 19.0 Å². The van der Waals surface area contributed by atoms with Crippen molar-refractivity contribution >= 4 is 69.8 Å². The van der Waals surface area contributed by atoms with Gasteiger partial charge in [-0.05, 0) is 98.3 Å². The zero-order valence-electron chi connectivity index (χ0n) is 29.3. The van der Waals surface area contributed by atoms with E-state index in [1.807, 2.05) is 42.9 Å². The molecule has 1 aromatic carbocycles. The highest BCUT2D eigenvalue weighted by atomic mass is 79.9. The summed E-state index contributed by atoms with van der Waals surface area (Å²) in [4.78, 5) is 36.0. The summed E-state index contributed by atoms with van der Waals surface area (Å²) < 4.78 is 30.7. The molecule has 2 saturated carbocycles. The van der Waals surface area contributed by atoms with E-state index in [1.165, 1.54) is 11.8 Å². The monoisotopic (exact) mass is 769 g/mol. The van der Waals surface area contributed by atoms with Crippen LogP contribution < -0.4 is 0 Å². The van der Waals surface area contributed by atoms with E-state index in [2.05, 4.69) is 52.3 Å². The van der Waals surface area contributed by atoms with Gasteiger partial charge in [-0.3, -0.25) is 4.90 Å². The van der Waals surface area contributed by atoms with Gasteiger partial charge in [0.2, 0.25) is 0 Å². The molecular weight excluding hydrogens is 725 g/mol. The molecule has 2 aliphatic carbocycles. The van der Waals surface area contributed by atoms with Crippen molar-refractivity contribution in [1.82, 2.24) is 19.4 Å². The summed E-state index contributed by atoms with van der Waals surface area (Å²) in [6.07, 6.45) is 4.67. The van der Waals surface area contributed by atoms with E-state index in [0.717, 1.165) is 41.9 Å². The standard InChI is InChI=1S/C36H45BrFN5O4SSi/c1-36(2,3)47-34(44)41-18-21-16-27(41)31(21)43-26(25-15-20-14-24(20)42(25)35(45)46-11-12-49(5,6)7)17-23-32(43)22-13-19(9-8-10-39)28(37)29(38)30(22)40-33(23)48-4/h13,17,20-21,24-25,27,31H,8-9,11-12,14-16,18H2,1-7H3/t20-,21-,24-,25-,27-,31+/m1/s1. The van der Waals surface area contributed by atoms with E-state index in [4.69, 9.17) is 14.5 Å². The Balaban J connectivity index is 1.40. The topological polar surface area (TPSA) is 101 Å². The first-order valence-corrected chi connectivity index (χ1v) is 23.1. The number of hydrogen-bond donors (Lipinski definition) is 0. The van der Waals surface area contributed by atoms with Gasteiger partial charge in [0.25, 0.3) is 0 Å². The van der Waals surface area contributed by atoms with E-state index >= 15 is 4.39 Å². The van der Waals surface area contributed by atoms with Crippen LogP contribution in [-0.2, 0) is 15.9 Å². The van der Waals surface area contributed by atoms with Gasteiger partial charge in [-0.1, -0.05) is 19.6 Å². The maximum absolute atomic E-state index is 16.2. The molecule has 2 amide bonds. The lowest BCUT2D eigenvalue weighted by Gasteiger charge is -2.41. The van der Waals surface area contributed by atoms with Crippen molar-refractivity contribution in [3.05, 3.63) is 33.7 Å². The summed E-state index contributed by atoms with van der Waals surface area (Å²) >= 11 is 4.94. The fourth-order valence-electron chi connectivity index (χ4n) is 8.21. The van der Waals surface area contributed by atoms with Crippen LogP contribution in [0.3, 0.4) is 0 Å². The van der Waals surface area contributed by atoms with Gasteiger partial charge in [0.1, 0.15) is 16.1 Å². The molecule has 3 aliphatic heterocycles. The maximum Gasteiger partial charge on any atom is 0.410 e. The Morgan fingerprint density at radius 1 is 1.12 bits per heavy atom. The van der Waals surface area contributed by atoms with Crippen molar-refractivity contribution in [2.24, 2.45) is 11.8 Å². The van der Waals surface area contributed by atoms with Crippen LogP contribution in [0, 0.1) is 29.0 Å². The van der Waals surface area contributed by atoms with Crippen molar-refractivity contribution < 1.29 is 23.5 Å². The molecule has 5 aliphatic rings. The summed E-state index contributed by atoms with van der Waals surface area (Å²) in [5.74, 6) is 0.149. The summed E-state index contributed by atoms with van der Waals surface area (Å²) in [5.41, 5.74) is 2.21. The van der Waals surface area contributed by atoms with E-state index in [-0.39, 0.29) is 54.2 Å². The number of carbonyl (C=O) groups excluding carboxylic acids is 2. The van der Waals surface area contributed by atoms with Crippen LogP contribution >= 0.6 is 27.7 Å². The number of thioether (sulfide) groups is 1. The molecule has 2 bridgehead atoms. The fourth-order valence-corrected chi connectivity index (χ4v) is 9.99. The second-order valence-corrected chi connectivity index (χ2v) is 23.6. The van der Waals surface area contributed by atoms with Crippen LogP contribution in [0.2, 0.25) is 25.7 Å². The molecule has 0 radical (unpaired) electrons. The smallest absolute Gasteiger partial charge is 0.410 e. The number of rotatable bonds is 8. The van der Waals surface area contributed by atoms with Gasteiger partial charge in [0, 0.05) is 49.5 Å². The van der Waals surface area contributed by atoms with Crippen molar-refractivity contribution in [3.8, 4) is 6.07 Å². The Hall–Kier alpha value is -2.82. The molecule has 3 saturated heterocycles. The predicted octanol–water partition coefficient (Wildman–Crippen LogP) is 9.06. The van der Waals surface area contributed by atoms with Crippen LogP contribution in [-0.4, -0.2) is 76.7 Å². The summed E-state index contributed by atoms with van der Waals surface area (Å²) in [6.45, 7) is 13.5. The fraction of sp³-hybridized carbons (Fsp3) is 0.611. The average Bonchev–Trinajstić information content (AvgIpc) is 3.39. The minimum atomic E-state index is -1.40. The molecule has 9 nitrogen and oxygen atoms in total.